The molecule has 10 nitrogen and oxygen atoms in total. The third-order valence-corrected chi connectivity index (χ3v) is 3.57. The van der Waals surface area contributed by atoms with Gasteiger partial charge in [-0.25, -0.2) is 0 Å². The summed E-state index contributed by atoms with van der Waals surface area (Å²) in [5, 5.41) is 26.2. The fourth-order valence-corrected chi connectivity index (χ4v) is 2.07. The highest BCUT2D eigenvalue weighted by molar-refractivity contribution is 6.43. The van der Waals surface area contributed by atoms with Gasteiger partial charge in [0.1, 0.15) is 0 Å². The van der Waals surface area contributed by atoms with Crippen molar-refractivity contribution in [2.75, 3.05) is 10.6 Å². The minimum atomic E-state index is -1.06. The Hall–Kier alpha value is -3.82. The lowest BCUT2D eigenvalue weighted by Gasteiger charge is -2.10. The van der Waals surface area contributed by atoms with Gasteiger partial charge in [0.25, 0.3) is 11.4 Å². The molecule has 0 saturated heterocycles. The molecule has 26 heavy (non-hydrogen) atoms. The van der Waals surface area contributed by atoms with E-state index in [1.165, 1.54) is 24.3 Å². The Morgan fingerprint density at radius 1 is 0.769 bits per heavy atom. The van der Waals surface area contributed by atoms with Crippen LogP contribution in [-0.4, -0.2) is 21.7 Å². The van der Waals surface area contributed by atoms with Gasteiger partial charge in [-0.2, -0.15) is 0 Å². The number of non-ortho nitro benzene ring substituents is 2. The van der Waals surface area contributed by atoms with E-state index >= 15 is 0 Å². The molecule has 0 radical (unpaired) electrons. The molecule has 0 aliphatic heterocycles. The van der Waals surface area contributed by atoms with Crippen molar-refractivity contribution in [1.82, 2.24) is 0 Å². The predicted octanol–water partition coefficient (Wildman–Crippen LogP) is 2.70. The van der Waals surface area contributed by atoms with Crippen LogP contribution in [0.2, 0.25) is 0 Å². The van der Waals surface area contributed by atoms with E-state index in [0.717, 1.165) is 12.1 Å². The zero-order chi connectivity index (χ0) is 19.4. The topological polar surface area (TPSA) is 144 Å². The van der Waals surface area contributed by atoms with Crippen molar-refractivity contribution < 1.29 is 19.4 Å². The van der Waals surface area contributed by atoms with E-state index in [4.69, 9.17) is 0 Å². The summed E-state index contributed by atoms with van der Waals surface area (Å²) in [6.45, 7) is 3.23. The first-order valence-electron chi connectivity index (χ1n) is 7.31. The molecule has 134 valence electrons. The molecule has 2 N–H and O–H groups in total. The van der Waals surface area contributed by atoms with Gasteiger partial charge < -0.3 is 10.6 Å². The number of benzene rings is 2. The highest BCUT2D eigenvalue weighted by Crippen LogP contribution is 2.23. The minimum absolute atomic E-state index is 0.120. The largest absolute Gasteiger partial charge is 0.317 e. The number of hydrogen-bond donors (Lipinski definition) is 2. The van der Waals surface area contributed by atoms with Gasteiger partial charge in [0.05, 0.1) is 21.2 Å². The third-order valence-electron chi connectivity index (χ3n) is 3.57. The van der Waals surface area contributed by atoms with E-state index in [-0.39, 0.29) is 22.7 Å². The maximum absolute atomic E-state index is 12.1. The Kier molecular flexibility index (Phi) is 5.26. The zero-order valence-electron chi connectivity index (χ0n) is 13.8. The van der Waals surface area contributed by atoms with Crippen molar-refractivity contribution >= 4 is 34.6 Å². The first-order chi connectivity index (χ1) is 12.2. The second-order valence-corrected chi connectivity index (χ2v) is 5.42. The molecule has 0 aliphatic rings. The van der Waals surface area contributed by atoms with Crippen LogP contribution in [0, 0.1) is 34.1 Å². The summed E-state index contributed by atoms with van der Waals surface area (Å²) in [4.78, 5) is 44.5. The number of nitrogens with zero attached hydrogens (tertiary/aromatic N) is 2. The van der Waals surface area contributed by atoms with Crippen LogP contribution in [0.3, 0.4) is 0 Å². The highest BCUT2D eigenvalue weighted by Gasteiger charge is 2.19. The maximum atomic E-state index is 12.1. The molecule has 0 bridgehead atoms. The molecule has 0 aromatic heterocycles. The summed E-state index contributed by atoms with van der Waals surface area (Å²) < 4.78 is 0. The molecule has 0 atom stereocenters. The quantitative estimate of drug-likeness (QED) is 0.488. The number of aryl methyl sites for hydroxylation is 2. The summed E-state index contributed by atoms with van der Waals surface area (Å²) in [6.07, 6.45) is 0. The maximum Gasteiger partial charge on any atom is 0.314 e. The van der Waals surface area contributed by atoms with Crippen molar-refractivity contribution in [2.24, 2.45) is 0 Å². The summed E-state index contributed by atoms with van der Waals surface area (Å²) in [5.74, 6) is -2.11. The molecule has 0 spiro atoms. The average molecular weight is 358 g/mol. The van der Waals surface area contributed by atoms with Gasteiger partial charge in [-0.3, -0.25) is 29.8 Å². The normalized spacial score (nSPS) is 10.1. The molecule has 2 aromatic rings. The van der Waals surface area contributed by atoms with Crippen molar-refractivity contribution in [1.29, 1.82) is 0 Å². The van der Waals surface area contributed by atoms with Crippen LogP contribution >= 0.6 is 0 Å². The summed E-state index contributed by atoms with van der Waals surface area (Å²) in [7, 11) is 0. The number of nitrogens with one attached hydrogen (secondary N) is 2. The van der Waals surface area contributed by atoms with Crippen molar-refractivity contribution in [3.63, 3.8) is 0 Å². The Bertz CT molecular complexity index is 849. The van der Waals surface area contributed by atoms with Crippen LogP contribution in [0.5, 0.6) is 0 Å². The molecule has 0 aliphatic carbocycles. The fraction of sp³-hybridized carbons (Fsp3) is 0.125. The summed E-state index contributed by atoms with van der Waals surface area (Å²) in [5.41, 5.74) is 0.832. The smallest absolute Gasteiger partial charge is 0.314 e. The Morgan fingerprint density at radius 3 is 1.42 bits per heavy atom. The molecule has 10 heteroatoms. The van der Waals surface area contributed by atoms with E-state index in [2.05, 4.69) is 10.6 Å². The van der Waals surface area contributed by atoms with Crippen LogP contribution in [0.25, 0.3) is 0 Å². The predicted molar refractivity (Wildman–Crippen MR) is 92.9 cm³/mol. The first kappa shape index (κ1) is 18.5. The summed E-state index contributed by atoms with van der Waals surface area (Å²) >= 11 is 0. The van der Waals surface area contributed by atoms with Crippen LogP contribution in [0.1, 0.15) is 11.1 Å². The second-order valence-electron chi connectivity index (χ2n) is 5.42. The van der Waals surface area contributed by atoms with Gasteiger partial charge in [-0.05, 0) is 25.0 Å². The number of carbonyl (C=O) groups excluding carboxylic acids is 2. The SMILES string of the molecule is Cc1ccc([N+](=O)[O-])cc1NC(=O)C(=O)Nc1cc([N+](=O)[O-])ccc1C. The van der Waals surface area contributed by atoms with Crippen molar-refractivity contribution in [3.8, 4) is 0 Å². The molecule has 0 unspecified atom stereocenters. The number of rotatable bonds is 4. The Balaban J connectivity index is 2.17. The number of amides is 2. The number of nitro groups is 2. The lowest BCUT2D eigenvalue weighted by atomic mass is 10.1. The van der Waals surface area contributed by atoms with Gasteiger partial charge in [-0.15, -0.1) is 0 Å². The van der Waals surface area contributed by atoms with Crippen LogP contribution in [0.15, 0.2) is 36.4 Å². The number of anilines is 2. The first-order valence-corrected chi connectivity index (χ1v) is 7.31. The second kappa shape index (κ2) is 7.38. The lowest BCUT2D eigenvalue weighted by Crippen LogP contribution is -2.29. The molecular weight excluding hydrogens is 344 g/mol. The van der Waals surface area contributed by atoms with Gasteiger partial charge >= 0.3 is 11.8 Å². The number of hydrogen-bond acceptors (Lipinski definition) is 6. The molecular formula is C16H14N4O6. The average Bonchev–Trinajstić information content (AvgIpc) is 2.58. The molecule has 2 amide bonds. The van der Waals surface area contributed by atoms with Crippen molar-refractivity contribution in [3.05, 3.63) is 67.8 Å². The van der Waals surface area contributed by atoms with Crippen LogP contribution in [0.4, 0.5) is 22.7 Å². The fourth-order valence-electron chi connectivity index (χ4n) is 2.07. The minimum Gasteiger partial charge on any atom is -0.317 e. The van der Waals surface area contributed by atoms with Crippen molar-refractivity contribution in [2.45, 2.75) is 13.8 Å². The number of carbonyl (C=O) groups is 2. The highest BCUT2D eigenvalue weighted by atomic mass is 16.6. The Morgan fingerprint density at radius 2 is 1.12 bits per heavy atom. The van der Waals surface area contributed by atoms with Gasteiger partial charge in [0.15, 0.2) is 0 Å². The molecule has 2 aromatic carbocycles. The van der Waals surface area contributed by atoms with E-state index in [0.29, 0.717) is 11.1 Å². The monoisotopic (exact) mass is 358 g/mol. The lowest BCUT2D eigenvalue weighted by molar-refractivity contribution is -0.385. The van der Waals surface area contributed by atoms with E-state index in [1.54, 1.807) is 13.8 Å². The van der Waals surface area contributed by atoms with E-state index in [1.807, 2.05) is 0 Å². The Labute approximate surface area is 147 Å². The van der Waals surface area contributed by atoms with Gasteiger partial charge in [-0.1, -0.05) is 12.1 Å². The van der Waals surface area contributed by atoms with Crippen LogP contribution < -0.4 is 10.6 Å². The van der Waals surface area contributed by atoms with Gasteiger partial charge in [0, 0.05) is 24.3 Å². The molecule has 0 fully saturated rings. The molecule has 2 rings (SSSR count). The van der Waals surface area contributed by atoms with Gasteiger partial charge in [0.2, 0.25) is 0 Å². The summed E-state index contributed by atoms with van der Waals surface area (Å²) in [6, 6.07) is 7.71. The van der Waals surface area contributed by atoms with Crippen LogP contribution in [-0.2, 0) is 9.59 Å². The zero-order valence-corrected chi connectivity index (χ0v) is 13.8. The standard InChI is InChI=1S/C16H14N4O6/c1-9-3-5-11(19(23)24)7-13(9)17-15(21)16(22)18-14-8-12(20(25)26)6-4-10(14)2/h3-8H,1-2H3,(H,17,21)(H,18,22). The number of nitro benzene ring substituents is 2. The van der Waals surface area contributed by atoms with E-state index in [9.17, 15) is 29.8 Å². The molecule has 0 heterocycles. The molecule has 0 saturated carbocycles. The third kappa shape index (κ3) is 4.17. The van der Waals surface area contributed by atoms with E-state index < -0.39 is 21.7 Å².